The van der Waals surface area contributed by atoms with Crippen LogP contribution < -0.4 is 11.0 Å². The average molecular weight is 257 g/mol. The van der Waals surface area contributed by atoms with Crippen LogP contribution >= 0.6 is 0 Å². The van der Waals surface area contributed by atoms with Crippen LogP contribution in [0, 0.1) is 0 Å². The van der Waals surface area contributed by atoms with Gasteiger partial charge in [0.2, 0.25) is 0 Å². The lowest BCUT2D eigenvalue weighted by molar-refractivity contribution is 0.399. The summed E-state index contributed by atoms with van der Waals surface area (Å²) in [4.78, 5) is 14.3. The van der Waals surface area contributed by atoms with Crippen LogP contribution in [0.4, 0.5) is 0 Å². The molecular weight excluding hydrogens is 238 g/mol. The maximum absolute atomic E-state index is 11.6. The van der Waals surface area contributed by atoms with Crippen LogP contribution in [-0.2, 0) is 6.42 Å². The van der Waals surface area contributed by atoms with Crippen LogP contribution in [0.15, 0.2) is 41.5 Å². The van der Waals surface area contributed by atoms with E-state index in [0.717, 1.165) is 18.7 Å². The van der Waals surface area contributed by atoms with Crippen LogP contribution in [0.25, 0.3) is 5.69 Å². The van der Waals surface area contributed by atoms with Crippen molar-refractivity contribution in [3.8, 4) is 5.69 Å². The molecule has 1 saturated heterocycles. The van der Waals surface area contributed by atoms with Gasteiger partial charge in [0, 0.05) is 18.4 Å². The zero-order valence-electron chi connectivity index (χ0n) is 10.9. The first-order valence-electron chi connectivity index (χ1n) is 6.92. The maximum atomic E-state index is 11.6. The summed E-state index contributed by atoms with van der Waals surface area (Å²) in [5.41, 5.74) is 2.12. The first-order chi connectivity index (χ1) is 9.33. The summed E-state index contributed by atoms with van der Waals surface area (Å²) in [6, 6.07) is 8.80. The summed E-state index contributed by atoms with van der Waals surface area (Å²) in [6.07, 6.45) is 8.31. The van der Waals surface area contributed by atoms with E-state index in [9.17, 15) is 4.79 Å². The van der Waals surface area contributed by atoms with Crippen molar-refractivity contribution in [2.45, 2.75) is 31.7 Å². The quantitative estimate of drug-likeness (QED) is 0.881. The molecule has 1 aromatic carbocycles. The molecule has 1 aromatic heterocycles. The molecule has 1 aliphatic rings. The molecule has 0 saturated carbocycles. The molecule has 4 heteroatoms. The molecule has 1 unspecified atom stereocenters. The van der Waals surface area contributed by atoms with Crippen molar-refractivity contribution >= 4 is 0 Å². The van der Waals surface area contributed by atoms with E-state index in [1.807, 2.05) is 12.1 Å². The van der Waals surface area contributed by atoms with Gasteiger partial charge in [-0.25, -0.2) is 4.79 Å². The summed E-state index contributed by atoms with van der Waals surface area (Å²) >= 11 is 0. The molecule has 0 amide bonds. The van der Waals surface area contributed by atoms with Gasteiger partial charge in [-0.3, -0.25) is 4.57 Å². The van der Waals surface area contributed by atoms with E-state index >= 15 is 0 Å². The highest BCUT2D eigenvalue weighted by Crippen LogP contribution is 2.15. The predicted octanol–water partition coefficient (Wildman–Crippen LogP) is 1.85. The van der Waals surface area contributed by atoms with Crippen molar-refractivity contribution in [3.05, 3.63) is 52.7 Å². The predicted molar refractivity (Wildman–Crippen MR) is 75.7 cm³/mol. The van der Waals surface area contributed by atoms with Crippen LogP contribution in [0.2, 0.25) is 0 Å². The Balaban J connectivity index is 1.80. The van der Waals surface area contributed by atoms with Gasteiger partial charge in [0.25, 0.3) is 0 Å². The molecule has 3 rings (SSSR count). The Morgan fingerprint density at radius 2 is 2.26 bits per heavy atom. The third-order valence-corrected chi connectivity index (χ3v) is 3.73. The summed E-state index contributed by atoms with van der Waals surface area (Å²) in [6.45, 7) is 1.13. The Morgan fingerprint density at radius 1 is 1.32 bits per heavy atom. The summed E-state index contributed by atoms with van der Waals surface area (Å²) in [7, 11) is 0. The van der Waals surface area contributed by atoms with Crippen molar-refractivity contribution in [3.63, 3.8) is 0 Å². The summed E-state index contributed by atoms with van der Waals surface area (Å²) in [5.74, 6) is 0. The second-order valence-corrected chi connectivity index (χ2v) is 5.16. The van der Waals surface area contributed by atoms with Gasteiger partial charge >= 0.3 is 5.69 Å². The van der Waals surface area contributed by atoms with Gasteiger partial charge in [-0.15, -0.1) is 0 Å². The maximum Gasteiger partial charge on any atom is 0.330 e. The van der Waals surface area contributed by atoms with Crippen molar-refractivity contribution in [1.82, 2.24) is 14.9 Å². The van der Waals surface area contributed by atoms with Crippen molar-refractivity contribution in [2.75, 3.05) is 6.54 Å². The molecule has 0 bridgehead atoms. The molecule has 1 atom stereocenters. The Kier molecular flexibility index (Phi) is 3.51. The normalized spacial score (nSPS) is 19.5. The molecule has 0 spiro atoms. The fraction of sp³-hybridized carbons (Fsp3) is 0.400. The van der Waals surface area contributed by atoms with Crippen LogP contribution in [0.5, 0.6) is 0 Å². The van der Waals surface area contributed by atoms with Crippen molar-refractivity contribution in [1.29, 1.82) is 0 Å². The Hall–Kier alpha value is -1.81. The fourth-order valence-electron chi connectivity index (χ4n) is 2.74. The Morgan fingerprint density at radius 3 is 3.00 bits per heavy atom. The van der Waals surface area contributed by atoms with E-state index in [1.54, 1.807) is 17.0 Å². The van der Waals surface area contributed by atoms with E-state index in [-0.39, 0.29) is 5.69 Å². The highest BCUT2D eigenvalue weighted by atomic mass is 16.1. The van der Waals surface area contributed by atoms with Gasteiger partial charge in [-0.2, -0.15) is 0 Å². The molecule has 19 heavy (non-hydrogen) atoms. The van der Waals surface area contributed by atoms with E-state index in [2.05, 4.69) is 22.4 Å². The molecule has 0 aliphatic carbocycles. The molecule has 2 aromatic rings. The number of aromatic amines is 1. The number of imidazole rings is 1. The summed E-state index contributed by atoms with van der Waals surface area (Å²) in [5, 5.41) is 3.56. The van der Waals surface area contributed by atoms with Crippen molar-refractivity contribution < 1.29 is 0 Å². The molecule has 4 nitrogen and oxygen atoms in total. The van der Waals surface area contributed by atoms with E-state index in [1.165, 1.54) is 24.8 Å². The topological polar surface area (TPSA) is 49.8 Å². The largest absolute Gasteiger partial charge is 0.330 e. The number of benzene rings is 1. The standard InChI is InChI=1S/C15H19N3O/c19-15-17-8-9-18(15)14-6-3-4-12(11-14)10-13-5-1-2-7-16-13/h3-4,6,8-9,11,13,16H,1-2,5,7,10H2,(H,17,19). The number of piperidine rings is 1. The monoisotopic (exact) mass is 257 g/mol. The Labute approximate surface area is 112 Å². The van der Waals surface area contributed by atoms with Gasteiger partial charge in [0.15, 0.2) is 0 Å². The SMILES string of the molecule is O=c1[nH]ccn1-c1cccc(CC2CCCCN2)c1. The lowest BCUT2D eigenvalue weighted by Gasteiger charge is -2.23. The van der Waals surface area contributed by atoms with E-state index in [4.69, 9.17) is 0 Å². The molecule has 1 aliphatic heterocycles. The molecule has 1 fully saturated rings. The molecule has 2 N–H and O–H groups in total. The molecule has 0 radical (unpaired) electrons. The number of H-pyrrole nitrogens is 1. The number of aromatic nitrogens is 2. The van der Waals surface area contributed by atoms with Gasteiger partial charge < -0.3 is 10.3 Å². The molecule has 100 valence electrons. The zero-order valence-corrected chi connectivity index (χ0v) is 10.9. The minimum atomic E-state index is -0.0899. The van der Waals surface area contributed by atoms with Gasteiger partial charge in [-0.05, 0) is 43.5 Å². The van der Waals surface area contributed by atoms with Gasteiger partial charge in [0.05, 0.1) is 5.69 Å². The third-order valence-electron chi connectivity index (χ3n) is 3.73. The van der Waals surface area contributed by atoms with E-state index < -0.39 is 0 Å². The smallest absolute Gasteiger partial charge is 0.314 e. The van der Waals surface area contributed by atoms with Gasteiger partial charge in [-0.1, -0.05) is 18.6 Å². The van der Waals surface area contributed by atoms with Crippen LogP contribution in [-0.4, -0.2) is 22.1 Å². The zero-order chi connectivity index (χ0) is 13.1. The first kappa shape index (κ1) is 12.2. The minimum Gasteiger partial charge on any atom is -0.314 e. The highest BCUT2D eigenvalue weighted by molar-refractivity contribution is 5.36. The average Bonchev–Trinajstić information content (AvgIpc) is 2.86. The molecular formula is C15H19N3O. The number of hydrogen-bond acceptors (Lipinski definition) is 2. The lowest BCUT2D eigenvalue weighted by Crippen LogP contribution is -2.35. The molecule has 2 heterocycles. The number of hydrogen-bond donors (Lipinski definition) is 2. The number of rotatable bonds is 3. The first-order valence-corrected chi connectivity index (χ1v) is 6.92. The third kappa shape index (κ3) is 2.79. The van der Waals surface area contributed by atoms with Crippen molar-refractivity contribution in [2.24, 2.45) is 0 Å². The second kappa shape index (κ2) is 5.45. The number of nitrogens with zero attached hydrogens (tertiary/aromatic N) is 1. The minimum absolute atomic E-state index is 0.0899. The van der Waals surface area contributed by atoms with Crippen LogP contribution in [0.3, 0.4) is 0 Å². The fourth-order valence-corrected chi connectivity index (χ4v) is 2.74. The van der Waals surface area contributed by atoms with Crippen LogP contribution in [0.1, 0.15) is 24.8 Å². The van der Waals surface area contributed by atoms with E-state index in [0.29, 0.717) is 6.04 Å². The Bertz CT molecular complexity index is 593. The summed E-state index contributed by atoms with van der Waals surface area (Å²) < 4.78 is 1.64. The van der Waals surface area contributed by atoms with Gasteiger partial charge in [0.1, 0.15) is 0 Å². The lowest BCUT2D eigenvalue weighted by atomic mass is 9.97. The second-order valence-electron chi connectivity index (χ2n) is 5.16. The number of nitrogens with one attached hydrogen (secondary N) is 2. The highest BCUT2D eigenvalue weighted by Gasteiger charge is 2.13.